The fraction of sp³-hybridized carbons (Fsp3) is 0.455. The lowest BCUT2D eigenvalue weighted by Gasteiger charge is -2.35. The summed E-state index contributed by atoms with van der Waals surface area (Å²) in [6.45, 7) is 1.54. The topological polar surface area (TPSA) is 23.5 Å². The minimum absolute atomic E-state index is 0.328. The zero-order chi connectivity index (χ0) is 11.8. The van der Waals surface area contributed by atoms with Crippen LogP contribution < -0.4 is 0 Å². The van der Waals surface area contributed by atoms with Gasteiger partial charge in [0.25, 0.3) is 0 Å². The molecular weight excluding hydrogens is 219 g/mol. The van der Waals surface area contributed by atoms with Crippen LogP contribution in [0.4, 0.5) is 13.2 Å². The van der Waals surface area contributed by atoms with E-state index in [0.29, 0.717) is 25.2 Å². The molecule has 2 nitrogen and oxygen atoms in total. The van der Waals surface area contributed by atoms with Crippen molar-refractivity contribution in [3.05, 3.63) is 35.4 Å². The molecule has 88 valence electrons. The molecule has 16 heavy (non-hydrogen) atoms. The zero-order valence-electron chi connectivity index (χ0n) is 8.54. The number of rotatable bonds is 2. The van der Waals surface area contributed by atoms with Gasteiger partial charge < -0.3 is 5.11 Å². The third kappa shape index (κ3) is 2.54. The van der Waals surface area contributed by atoms with Crippen LogP contribution in [0.3, 0.4) is 0 Å². The first-order valence-corrected chi connectivity index (χ1v) is 5.02. The normalized spacial score (nSPS) is 18.5. The second-order valence-electron chi connectivity index (χ2n) is 4.05. The van der Waals surface area contributed by atoms with Gasteiger partial charge in [0.05, 0.1) is 11.7 Å². The van der Waals surface area contributed by atoms with Crippen molar-refractivity contribution in [1.29, 1.82) is 0 Å². The highest BCUT2D eigenvalue weighted by Gasteiger charge is 2.31. The Labute approximate surface area is 91.3 Å². The molecule has 1 aliphatic rings. The van der Waals surface area contributed by atoms with Crippen molar-refractivity contribution in [1.82, 2.24) is 4.90 Å². The lowest BCUT2D eigenvalue weighted by Crippen LogP contribution is -2.49. The molecule has 5 heteroatoms. The maximum Gasteiger partial charge on any atom is 0.416 e. The van der Waals surface area contributed by atoms with Crippen molar-refractivity contribution >= 4 is 0 Å². The Morgan fingerprint density at radius 3 is 2.56 bits per heavy atom. The predicted molar refractivity (Wildman–Crippen MR) is 52.7 cm³/mol. The zero-order valence-corrected chi connectivity index (χ0v) is 8.54. The number of halogens is 3. The standard InChI is InChI=1S/C11H12F3NO/c12-11(13,14)9-3-1-2-8(4-9)5-15-6-10(16)7-15/h1-4,10,16H,5-7H2. The van der Waals surface area contributed by atoms with E-state index in [4.69, 9.17) is 5.11 Å². The molecule has 0 bridgehead atoms. The van der Waals surface area contributed by atoms with Gasteiger partial charge in [0.1, 0.15) is 0 Å². The molecule has 0 unspecified atom stereocenters. The Bertz CT molecular complexity index is 372. The number of hydrogen-bond donors (Lipinski definition) is 1. The minimum atomic E-state index is -4.29. The SMILES string of the molecule is OC1CN(Cc2cccc(C(F)(F)F)c2)C1. The molecule has 0 radical (unpaired) electrons. The number of nitrogens with zero attached hydrogens (tertiary/aromatic N) is 1. The van der Waals surface area contributed by atoms with Crippen LogP contribution in [0.25, 0.3) is 0 Å². The first kappa shape index (κ1) is 11.4. The van der Waals surface area contributed by atoms with E-state index in [0.717, 1.165) is 12.1 Å². The number of hydrogen-bond acceptors (Lipinski definition) is 2. The molecule has 1 aromatic carbocycles. The van der Waals surface area contributed by atoms with Gasteiger partial charge in [0, 0.05) is 19.6 Å². The van der Waals surface area contributed by atoms with E-state index < -0.39 is 11.7 Å². The fourth-order valence-corrected chi connectivity index (χ4v) is 1.78. The van der Waals surface area contributed by atoms with Crippen molar-refractivity contribution in [3.63, 3.8) is 0 Å². The molecule has 0 aromatic heterocycles. The van der Waals surface area contributed by atoms with Crippen molar-refractivity contribution in [2.75, 3.05) is 13.1 Å². The van der Waals surface area contributed by atoms with Crippen LogP contribution >= 0.6 is 0 Å². The molecule has 1 saturated heterocycles. The van der Waals surface area contributed by atoms with Crippen LogP contribution in [-0.2, 0) is 12.7 Å². The Morgan fingerprint density at radius 1 is 1.31 bits per heavy atom. The molecule has 1 N–H and O–H groups in total. The molecule has 0 amide bonds. The maximum atomic E-state index is 12.4. The lowest BCUT2D eigenvalue weighted by atomic mass is 10.1. The van der Waals surface area contributed by atoms with Crippen LogP contribution in [0.15, 0.2) is 24.3 Å². The predicted octanol–water partition coefficient (Wildman–Crippen LogP) is 1.88. The quantitative estimate of drug-likeness (QED) is 0.840. The van der Waals surface area contributed by atoms with Crippen molar-refractivity contribution in [2.24, 2.45) is 0 Å². The highest BCUT2D eigenvalue weighted by molar-refractivity contribution is 5.25. The highest BCUT2D eigenvalue weighted by atomic mass is 19.4. The maximum absolute atomic E-state index is 12.4. The Morgan fingerprint density at radius 2 is 2.00 bits per heavy atom. The molecule has 0 saturated carbocycles. The molecule has 0 spiro atoms. The molecule has 1 heterocycles. The highest BCUT2D eigenvalue weighted by Crippen LogP contribution is 2.29. The summed E-state index contributed by atoms with van der Waals surface area (Å²) in [7, 11) is 0. The van der Waals surface area contributed by atoms with Crippen molar-refractivity contribution < 1.29 is 18.3 Å². The van der Waals surface area contributed by atoms with E-state index in [2.05, 4.69) is 0 Å². The largest absolute Gasteiger partial charge is 0.416 e. The van der Waals surface area contributed by atoms with Gasteiger partial charge in [-0.25, -0.2) is 0 Å². The molecule has 1 aromatic rings. The molecule has 0 atom stereocenters. The van der Waals surface area contributed by atoms with Gasteiger partial charge in [-0.3, -0.25) is 4.90 Å². The Hall–Kier alpha value is -1.07. The average molecular weight is 231 g/mol. The monoisotopic (exact) mass is 231 g/mol. The second-order valence-corrected chi connectivity index (χ2v) is 4.05. The van der Waals surface area contributed by atoms with E-state index >= 15 is 0 Å². The number of alkyl halides is 3. The first-order valence-electron chi connectivity index (χ1n) is 5.02. The van der Waals surface area contributed by atoms with Crippen LogP contribution in [0.5, 0.6) is 0 Å². The van der Waals surface area contributed by atoms with Crippen LogP contribution in [0.2, 0.25) is 0 Å². The molecule has 0 aliphatic carbocycles. The number of aliphatic hydroxyl groups excluding tert-OH is 1. The van der Waals surface area contributed by atoms with Crippen molar-refractivity contribution in [2.45, 2.75) is 18.8 Å². The summed E-state index contributed by atoms with van der Waals surface area (Å²) in [5.41, 5.74) is 0.00722. The summed E-state index contributed by atoms with van der Waals surface area (Å²) in [5.74, 6) is 0. The van der Waals surface area contributed by atoms with E-state index in [1.165, 1.54) is 6.07 Å². The van der Waals surface area contributed by atoms with Gasteiger partial charge in [0.2, 0.25) is 0 Å². The van der Waals surface area contributed by atoms with Gasteiger partial charge in [-0.1, -0.05) is 18.2 Å². The van der Waals surface area contributed by atoms with Crippen LogP contribution in [0, 0.1) is 0 Å². The Kier molecular flexibility index (Phi) is 2.90. The number of aliphatic hydroxyl groups is 1. The Balaban J connectivity index is 2.05. The summed E-state index contributed by atoms with van der Waals surface area (Å²) >= 11 is 0. The smallest absolute Gasteiger partial charge is 0.390 e. The minimum Gasteiger partial charge on any atom is -0.390 e. The van der Waals surface area contributed by atoms with Gasteiger partial charge in [-0.05, 0) is 11.6 Å². The lowest BCUT2D eigenvalue weighted by molar-refractivity contribution is -0.137. The molecular formula is C11H12F3NO. The fourth-order valence-electron chi connectivity index (χ4n) is 1.78. The van der Waals surface area contributed by atoms with Crippen LogP contribution in [0.1, 0.15) is 11.1 Å². The van der Waals surface area contributed by atoms with Gasteiger partial charge in [-0.15, -0.1) is 0 Å². The van der Waals surface area contributed by atoms with E-state index in [1.54, 1.807) is 6.07 Å². The van der Waals surface area contributed by atoms with Crippen LogP contribution in [-0.4, -0.2) is 29.2 Å². The third-order valence-electron chi connectivity index (χ3n) is 2.60. The molecule has 1 fully saturated rings. The number of likely N-dealkylation sites (tertiary alicyclic amines) is 1. The van der Waals surface area contributed by atoms with E-state index in [9.17, 15) is 13.2 Å². The summed E-state index contributed by atoms with van der Waals surface area (Å²) in [4.78, 5) is 1.90. The summed E-state index contributed by atoms with van der Waals surface area (Å²) in [6.07, 6.45) is -4.62. The average Bonchev–Trinajstić information content (AvgIpc) is 2.14. The van der Waals surface area contributed by atoms with E-state index in [-0.39, 0.29) is 6.10 Å². The summed E-state index contributed by atoms with van der Waals surface area (Å²) < 4.78 is 37.2. The van der Waals surface area contributed by atoms with Gasteiger partial charge in [0.15, 0.2) is 0 Å². The second kappa shape index (κ2) is 4.07. The number of benzene rings is 1. The summed E-state index contributed by atoms with van der Waals surface area (Å²) in [5, 5.41) is 9.06. The number of β-amino-alcohol motifs (C(OH)–C–C–N with tert-alkyl or cyclic N) is 1. The van der Waals surface area contributed by atoms with Gasteiger partial charge >= 0.3 is 6.18 Å². The van der Waals surface area contributed by atoms with Gasteiger partial charge in [-0.2, -0.15) is 13.2 Å². The van der Waals surface area contributed by atoms with Crippen molar-refractivity contribution in [3.8, 4) is 0 Å². The summed E-state index contributed by atoms with van der Waals surface area (Å²) in [6, 6.07) is 5.30. The van der Waals surface area contributed by atoms with E-state index in [1.807, 2.05) is 4.90 Å². The molecule has 1 aliphatic heterocycles. The first-order chi connectivity index (χ1) is 7.45. The molecule has 2 rings (SSSR count). The third-order valence-corrected chi connectivity index (χ3v) is 2.60.